The van der Waals surface area contributed by atoms with Crippen LogP contribution in [-0.2, 0) is 0 Å². The van der Waals surface area contributed by atoms with Crippen LogP contribution in [0.2, 0.25) is 0 Å². The minimum Gasteiger partial charge on any atom is -0.340 e. The van der Waals surface area contributed by atoms with Crippen LogP contribution in [-0.4, -0.2) is 19.6 Å². The van der Waals surface area contributed by atoms with Gasteiger partial charge in [0, 0.05) is 29.7 Å². The molecule has 0 radical (unpaired) electrons. The molecule has 5 nitrogen and oxygen atoms in total. The number of rotatable bonds is 3. The van der Waals surface area contributed by atoms with Crippen LogP contribution in [0.4, 0.5) is 11.5 Å². The number of aromatic nitrogens is 4. The molecular formula is C17H12BrN5. The van der Waals surface area contributed by atoms with Crippen molar-refractivity contribution >= 4 is 33.1 Å². The zero-order valence-corrected chi connectivity index (χ0v) is 13.6. The maximum absolute atomic E-state index is 4.71. The maximum atomic E-state index is 4.71. The summed E-state index contributed by atoms with van der Waals surface area (Å²) in [6.07, 6.45) is 5.24. The summed E-state index contributed by atoms with van der Waals surface area (Å²) in [7, 11) is 0. The van der Waals surface area contributed by atoms with E-state index in [0.29, 0.717) is 0 Å². The molecular weight excluding hydrogens is 354 g/mol. The first-order valence-electron chi connectivity index (χ1n) is 7.08. The van der Waals surface area contributed by atoms with Crippen molar-refractivity contribution in [1.82, 2.24) is 19.6 Å². The number of halogens is 1. The molecule has 3 heterocycles. The second kappa shape index (κ2) is 5.81. The van der Waals surface area contributed by atoms with Crippen LogP contribution < -0.4 is 5.32 Å². The predicted molar refractivity (Wildman–Crippen MR) is 93.6 cm³/mol. The van der Waals surface area contributed by atoms with Gasteiger partial charge < -0.3 is 5.32 Å². The number of pyridine rings is 1. The van der Waals surface area contributed by atoms with Crippen molar-refractivity contribution in [2.45, 2.75) is 0 Å². The standard InChI is InChI=1S/C17H12BrN5/c18-14-11-20-23-16(21-13-6-8-19-9-7-13)10-15(22-17(14)23)12-4-2-1-3-5-12/h1-11H,(H,19,21). The third kappa shape index (κ3) is 2.68. The maximum Gasteiger partial charge on any atom is 0.172 e. The van der Waals surface area contributed by atoms with Gasteiger partial charge >= 0.3 is 0 Å². The SMILES string of the molecule is Brc1cnn2c(Nc3ccncc3)cc(-c3ccccc3)nc12. The van der Waals surface area contributed by atoms with Crippen molar-refractivity contribution in [3.63, 3.8) is 0 Å². The third-order valence-electron chi connectivity index (χ3n) is 3.45. The Morgan fingerprint density at radius 2 is 1.78 bits per heavy atom. The molecule has 0 aliphatic rings. The van der Waals surface area contributed by atoms with E-state index in [0.717, 1.165) is 32.9 Å². The van der Waals surface area contributed by atoms with E-state index in [1.165, 1.54) is 0 Å². The van der Waals surface area contributed by atoms with Gasteiger partial charge in [0.25, 0.3) is 0 Å². The molecule has 0 amide bonds. The van der Waals surface area contributed by atoms with Crippen LogP contribution >= 0.6 is 15.9 Å². The molecule has 0 saturated carbocycles. The summed E-state index contributed by atoms with van der Waals surface area (Å²) in [6, 6.07) is 15.9. The van der Waals surface area contributed by atoms with E-state index in [-0.39, 0.29) is 0 Å². The molecule has 0 aliphatic carbocycles. The summed E-state index contributed by atoms with van der Waals surface area (Å²) in [5, 5.41) is 7.75. The van der Waals surface area contributed by atoms with Gasteiger partial charge in [-0.1, -0.05) is 30.3 Å². The van der Waals surface area contributed by atoms with Crippen LogP contribution in [0.25, 0.3) is 16.9 Å². The Morgan fingerprint density at radius 3 is 2.57 bits per heavy atom. The first-order chi connectivity index (χ1) is 11.3. The number of anilines is 2. The Balaban J connectivity index is 1.88. The molecule has 6 heteroatoms. The fourth-order valence-electron chi connectivity index (χ4n) is 2.37. The molecule has 0 bridgehead atoms. The van der Waals surface area contributed by atoms with Crippen molar-refractivity contribution in [1.29, 1.82) is 0 Å². The number of nitrogens with zero attached hydrogens (tertiary/aromatic N) is 4. The van der Waals surface area contributed by atoms with Crippen molar-refractivity contribution in [2.24, 2.45) is 0 Å². The number of fused-ring (bicyclic) bond motifs is 1. The van der Waals surface area contributed by atoms with Gasteiger partial charge in [-0.15, -0.1) is 0 Å². The van der Waals surface area contributed by atoms with Crippen LogP contribution in [0, 0.1) is 0 Å². The van der Waals surface area contributed by atoms with Crippen LogP contribution in [0.1, 0.15) is 0 Å². The molecule has 23 heavy (non-hydrogen) atoms. The largest absolute Gasteiger partial charge is 0.340 e. The smallest absolute Gasteiger partial charge is 0.172 e. The normalized spacial score (nSPS) is 10.8. The quantitative estimate of drug-likeness (QED) is 0.588. The molecule has 0 unspecified atom stereocenters. The van der Waals surface area contributed by atoms with Crippen molar-refractivity contribution in [3.05, 3.63) is 71.6 Å². The first kappa shape index (κ1) is 13.9. The van der Waals surface area contributed by atoms with Crippen molar-refractivity contribution in [2.75, 3.05) is 5.32 Å². The van der Waals surface area contributed by atoms with E-state index in [2.05, 4.69) is 31.3 Å². The molecule has 1 N–H and O–H groups in total. The molecule has 4 rings (SSSR count). The molecule has 112 valence electrons. The number of hydrogen-bond acceptors (Lipinski definition) is 4. The molecule has 0 fully saturated rings. The average Bonchev–Trinajstić information content (AvgIpc) is 2.98. The van der Waals surface area contributed by atoms with Gasteiger partial charge in [-0.2, -0.15) is 9.61 Å². The van der Waals surface area contributed by atoms with Crippen molar-refractivity contribution < 1.29 is 0 Å². The molecule has 3 aromatic heterocycles. The van der Waals surface area contributed by atoms with Gasteiger partial charge in [0.1, 0.15) is 5.82 Å². The predicted octanol–water partition coefficient (Wildman–Crippen LogP) is 4.30. The zero-order valence-electron chi connectivity index (χ0n) is 12.0. The van der Waals surface area contributed by atoms with E-state index in [1.807, 2.05) is 48.5 Å². The van der Waals surface area contributed by atoms with E-state index in [4.69, 9.17) is 4.98 Å². The van der Waals surface area contributed by atoms with Gasteiger partial charge in [-0.3, -0.25) is 4.98 Å². The number of hydrogen-bond donors (Lipinski definition) is 1. The van der Waals surface area contributed by atoms with Gasteiger partial charge in [0.2, 0.25) is 0 Å². The topological polar surface area (TPSA) is 55.1 Å². The fraction of sp³-hybridized carbons (Fsp3) is 0. The highest BCUT2D eigenvalue weighted by atomic mass is 79.9. The van der Waals surface area contributed by atoms with E-state index < -0.39 is 0 Å². The lowest BCUT2D eigenvalue weighted by Gasteiger charge is -2.10. The van der Waals surface area contributed by atoms with Crippen molar-refractivity contribution in [3.8, 4) is 11.3 Å². The molecule has 0 aliphatic heterocycles. The van der Waals surface area contributed by atoms with Crippen LogP contribution in [0.3, 0.4) is 0 Å². The molecule has 0 saturated heterocycles. The molecule has 0 spiro atoms. The van der Waals surface area contributed by atoms with E-state index in [1.54, 1.807) is 23.1 Å². The van der Waals surface area contributed by atoms with Gasteiger partial charge in [-0.25, -0.2) is 4.98 Å². The Labute approximate surface area is 141 Å². The lowest BCUT2D eigenvalue weighted by Crippen LogP contribution is -2.02. The van der Waals surface area contributed by atoms with Gasteiger partial charge in [0.15, 0.2) is 5.65 Å². The second-order valence-corrected chi connectivity index (χ2v) is 5.84. The fourth-order valence-corrected chi connectivity index (χ4v) is 2.71. The Bertz CT molecular complexity index is 951. The molecule has 4 aromatic rings. The highest BCUT2D eigenvalue weighted by molar-refractivity contribution is 9.10. The minimum absolute atomic E-state index is 0.767. The van der Waals surface area contributed by atoms with E-state index >= 15 is 0 Å². The summed E-state index contributed by atoms with van der Waals surface area (Å²) >= 11 is 3.51. The highest BCUT2D eigenvalue weighted by Gasteiger charge is 2.11. The monoisotopic (exact) mass is 365 g/mol. The Morgan fingerprint density at radius 1 is 1.00 bits per heavy atom. The lowest BCUT2D eigenvalue weighted by atomic mass is 10.1. The summed E-state index contributed by atoms with van der Waals surface area (Å²) < 4.78 is 2.63. The summed E-state index contributed by atoms with van der Waals surface area (Å²) in [5.74, 6) is 0.839. The van der Waals surface area contributed by atoms with Gasteiger partial charge in [0.05, 0.1) is 16.4 Å². The zero-order chi connectivity index (χ0) is 15.6. The number of nitrogens with one attached hydrogen (secondary N) is 1. The van der Waals surface area contributed by atoms with Gasteiger partial charge in [-0.05, 0) is 28.1 Å². The Hall–Kier alpha value is -2.73. The highest BCUT2D eigenvalue weighted by Crippen LogP contribution is 2.27. The van der Waals surface area contributed by atoms with Crippen LogP contribution in [0.5, 0.6) is 0 Å². The third-order valence-corrected chi connectivity index (χ3v) is 4.01. The summed E-state index contributed by atoms with van der Waals surface area (Å²) in [4.78, 5) is 8.74. The second-order valence-electron chi connectivity index (χ2n) is 4.98. The lowest BCUT2D eigenvalue weighted by molar-refractivity contribution is 0.948. The summed E-state index contributed by atoms with van der Waals surface area (Å²) in [6.45, 7) is 0. The first-order valence-corrected chi connectivity index (χ1v) is 7.87. The Kier molecular flexibility index (Phi) is 3.51. The van der Waals surface area contributed by atoms with E-state index in [9.17, 15) is 0 Å². The van der Waals surface area contributed by atoms with Crippen LogP contribution in [0.15, 0.2) is 71.6 Å². The minimum atomic E-state index is 0.767. The summed E-state index contributed by atoms with van der Waals surface area (Å²) in [5.41, 5.74) is 3.65. The average molecular weight is 366 g/mol. The molecule has 0 atom stereocenters. The number of benzene rings is 1. The molecule has 1 aromatic carbocycles.